The van der Waals surface area contributed by atoms with Gasteiger partial charge in [0, 0.05) is 12.6 Å². The number of halogens is 1. The highest BCUT2D eigenvalue weighted by atomic mass is 19.1. The molecule has 0 atom stereocenters. The maximum absolute atomic E-state index is 13.1. The molecule has 9 nitrogen and oxygen atoms in total. The summed E-state index contributed by atoms with van der Waals surface area (Å²) in [6.45, 7) is 0.861. The molecule has 0 spiro atoms. The molecule has 4 rings (SSSR count). The standard InChI is InChI=1S/C23H22FN5O4/c1-32-17-7-8-18(20(11-17)33-2)22(30)25-9-10-29-21-19(12-27-29)23(31)28(14-26-21)13-15-3-5-16(24)6-4-15/h3-8,11-12,14H,9-10,13H2,1-2H3,(H,25,30). The van der Waals surface area contributed by atoms with E-state index in [-0.39, 0.29) is 30.4 Å². The largest absolute Gasteiger partial charge is 0.497 e. The quantitative estimate of drug-likeness (QED) is 0.441. The first-order chi connectivity index (χ1) is 16.0. The first-order valence-electron chi connectivity index (χ1n) is 10.2. The van der Waals surface area contributed by atoms with E-state index in [1.165, 1.54) is 43.4 Å². The van der Waals surface area contributed by atoms with Gasteiger partial charge in [0.1, 0.15) is 29.0 Å². The van der Waals surface area contributed by atoms with E-state index in [2.05, 4.69) is 15.4 Å². The topological polar surface area (TPSA) is 100 Å². The molecule has 33 heavy (non-hydrogen) atoms. The van der Waals surface area contributed by atoms with Crippen LogP contribution in [0, 0.1) is 5.82 Å². The summed E-state index contributed by atoms with van der Waals surface area (Å²) in [6.07, 6.45) is 2.90. The smallest absolute Gasteiger partial charge is 0.264 e. The minimum atomic E-state index is -0.335. The lowest BCUT2D eigenvalue weighted by molar-refractivity contribution is 0.0949. The molecule has 0 unspecified atom stereocenters. The van der Waals surface area contributed by atoms with Gasteiger partial charge in [-0.1, -0.05) is 12.1 Å². The van der Waals surface area contributed by atoms with Gasteiger partial charge in [-0.15, -0.1) is 0 Å². The summed E-state index contributed by atoms with van der Waals surface area (Å²) in [5.74, 6) is 0.349. The summed E-state index contributed by atoms with van der Waals surface area (Å²) < 4.78 is 26.5. The van der Waals surface area contributed by atoms with Crippen LogP contribution < -0.4 is 20.3 Å². The lowest BCUT2D eigenvalue weighted by Gasteiger charge is -2.11. The fraction of sp³-hybridized carbons (Fsp3) is 0.217. The second kappa shape index (κ2) is 9.51. The number of fused-ring (bicyclic) bond motifs is 1. The summed E-state index contributed by atoms with van der Waals surface area (Å²) >= 11 is 0. The second-order valence-electron chi connectivity index (χ2n) is 7.23. The molecule has 2 heterocycles. The normalized spacial score (nSPS) is 10.9. The maximum Gasteiger partial charge on any atom is 0.264 e. The molecule has 4 aromatic rings. The molecule has 10 heteroatoms. The van der Waals surface area contributed by atoms with E-state index < -0.39 is 0 Å². The first-order valence-corrected chi connectivity index (χ1v) is 10.2. The number of ether oxygens (including phenoxy) is 2. The Hall–Kier alpha value is -4.21. The lowest BCUT2D eigenvalue weighted by atomic mass is 10.1. The van der Waals surface area contributed by atoms with Gasteiger partial charge in [0.25, 0.3) is 11.5 Å². The van der Waals surface area contributed by atoms with Crippen molar-refractivity contribution in [2.75, 3.05) is 20.8 Å². The fourth-order valence-corrected chi connectivity index (χ4v) is 3.42. The Kier molecular flexibility index (Phi) is 6.34. The number of carbonyl (C=O) groups is 1. The van der Waals surface area contributed by atoms with Crippen LogP contribution in [0.3, 0.4) is 0 Å². The van der Waals surface area contributed by atoms with Crippen LogP contribution in [-0.2, 0) is 13.1 Å². The monoisotopic (exact) mass is 451 g/mol. The highest BCUT2D eigenvalue weighted by molar-refractivity contribution is 5.97. The Labute approximate surface area is 188 Å². The summed E-state index contributed by atoms with van der Waals surface area (Å²) in [5.41, 5.74) is 1.34. The Morgan fingerprint density at radius 1 is 1.12 bits per heavy atom. The zero-order valence-corrected chi connectivity index (χ0v) is 18.1. The van der Waals surface area contributed by atoms with Crippen LogP contribution in [0.4, 0.5) is 4.39 Å². The molecule has 0 aliphatic rings. The zero-order valence-electron chi connectivity index (χ0n) is 18.1. The van der Waals surface area contributed by atoms with Crippen LogP contribution in [0.1, 0.15) is 15.9 Å². The minimum Gasteiger partial charge on any atom is -0.497 e. The van der Waals surface area contributed by atoms with Gasteiger partial charge in [-0.25, -0.2) is 14.1 Å². The number of hydrogen-bond acceptors (Lipinski definition) is 6. The van der Waals surface area contributed by atoms with E-state index in [1.54, 1.807) is 35.0 Å². The highest BCUT2D eigenvalue weighted by Gasteiger charge is 2.14. The molecule has 2 aromatic heterocycles. The van der Waals surface area contributed by atoms with Crippen LogP contribution in [0.2, 0.25) is 0 Å². The number of methoxy groups -OCH3 is 2. The van der Waals surface area contributed by atoms with Gasteiger partial charge >= 0.3 is 0 Å². The molecule has 0 fully saturated rings. The predicted molar refractivity (Wildman–Crippen MR) is 119 cm³/mol. The molecular weight excluding hydrogens is 429 g/mol. The average molecular weight is 451 g/mol. The summed E-state index contributed by atoms with van der Waals surface area (Å²) in [4.78, 5) is 29.7. The number of amides is 1. The van der Waals surface area contributed by atoms with Crippen molar-refractivity contribution in [2.24, 2.45) is 0 Å². The summed E-state index contributed by atoms with van der Waals surface area (Å²) in [7, 11) is 3.02. The van der Waals surface area contributed by atoms with Gasteiger partial charge in [0.05, 0.1) is 39.1 Å². The summed E-state index contributed by atoms with van der Waals surface area (Å²) in [6, 6.07) is 10.9. The van der Waals surface area contributed by atoms with Gasteiger partial charge in [-0.2, -0.15) is 5.10 Å². The number of nitrogens with one attached hydrogen (secondary N) is 1. The molecular formula is C23H22FN5O4. The molecule has 0 saturated heterocycles. The second-order valence-corrected chi connectivity index (χ2v) is 7.23. The van der Waals surface area contributed by atoms with Crippen molar-refractivity contribution < 1.29 is 18.7 Å². The van der Waals surface area contributed by atoms with E-state index in [4.69, 9.17) is 9.47 Å². The third-order valence-electron chi connectivity index (χ3n) is 5.15. The van der Waals surface area contributed by atoms with Gasteiger partial charge in [0.2, 0.25) is 0 Å². The Balaban J connectivity index is 1.44. The Morgan fingerprint density at radius 2 is 1.91 bits per heavy atom. The predicted octanol–water partition coefficient (Wildman–Crippen LogP) is 2.23. The number of benzene rings is 2. The third kappa shape index (κ3) is 4.69. The number of carbonyl (C=O) groups excluding carboxylic acids is 1. The molecule has 170 valence electrons. The SMILES string of the molecule is COc1ccc(C(=O)NCCn2ncc3c(=O)n(Cc4ccc(F)cc4)cnc32)c(OC)c1. The zero-order chi connectivity index (χ0) is 23.4. The van der Waals surface area contributed by atoms with Crippen molar-refractivity contribution in [3.05, 3.63) is 82.3 Å². The van der Waals surface area contributed by atoms with E-state index in [0.29, 0.717) is 34.6 Å². The van der Waals surface area contributed by atoms with Crippen molar-refractivity contribution in [1.29, 1.82) is 0 Å². The Morgan fingerprint density at radius 3 is 2.64 bits per heavy atom. The van der Waals surface area contributed by atoms with Crippen molar-refractivity contribution >= 4 is 16.9 Å². The molecule has 1 N–H and O–H groups in total. The van der Waals surface area contributed by atoms with Crippen LogP contribution in [0.5, 0.6) is 11.5 Å². The van der Waals surface area contributed by atoms with E-state index in [9.17, 15) is 14.0 Å². The molecule has 0 radical (unpaired) electrons. The first kappa shape index (κ1) is 22.0. The minimum absolute atomic E-state index is 0.248. The van der Waals surface area contributed by atoms with Crippen LogP contribution in [0.15, 0.2) is 59.8 Å². The Bertz CT molecular complexity index is 1350. The van der Waals surface area contributed by atoms with Crippen LogP contribution in [-0.4, -0.2) is 46.0 Å². The molecule has 0 aliphatic heterocycles. The highest BCUT2D eigenvalue weighted by Crippen LogP contribution is 2.24. The van der Waals surface area contributed by atoms with E-state index >= 15 is 0 Å². The van der Waals surface area contributed by atoms with E-state index in [1.807, 2.05) is 0 Å². The maximum atomic E-state index is 13.1. The van der Waals surface area contributed by atoms with Gasteiger partial charge in [0.15, 0.2) is 5.65 Å². The number of hydrogen-bond donors (Lipinski definition) is 1. The summed E-state index contributed by atoms with van der Waals surface area (Å²) in [5, 5.41) is 7.42. The fourth-order valence-electron chi connectivity index (χ4n) is 3.42. The molecule has 2 aromatic carbocycles. The molecule has 1 amide bonds. The van der Waals surface area contributed by atoms with Crippen molar-refractivity contribution in [1.82, 2.24) is 24.6 Å². The number of rotatable bonds is 8. The van der Waals surface area contributed by atoms with Crippen molar-refractivity contribution in [3.8, 4) is 11.5 Å². The molecule has 0 bridgehead atoms. The van der Waals surface area contributed by atoms with Gasteiger partial charge in [-0.3, -0.25) is 14.2 Å². The van der Waals surface area contributed by atoms with Gasteiger partial charge < -0.3 is 14.8 Å². The average Bonchev–Trinajstić information content (AvgIpc) is 3.25. The molecule has 0 aliphatic carbocycles. The van der Waals surface area contributed by atoms with Crippen LogP contribution in [0.25, 0.3) is 11.0 Å². The van der Waals surface area contributed by atoms with Crippen molar-refractivity contribution in [3.63, 3.8) is 0 Å². The van der Waals surface area contributed by atoms with Gasteiger partial charge in [-0.05, 0) is 29.8 Å². The van der Waals surface area contributed by atoms with Crippen LogP contribution >= 0.6 is 0 Å². The van der Waals surface area contributed by atoms with Crippen molar-refractivity contribution in [2.45, 2.75) is 13.1 Å². The number of nitrogens with zero attached hydrogens (tertiary/aromatic N) is 4. The van der Waals surface area contributed by atoms with E-state index in [0.717, 1.165) is 5.56 Å². The lowest BCUT2D eigenvalue weighted by Crippen LogP contribution is -2.28. The molecule has 0 saturated carbocycles. The third-order valence-corrected chi connectivity index (χ3v) is 5.15. The number of aromatic nitrogens is 4.